The molecule has 0 aliphatic heterocycles. The topological polar surface area (TPSA) is 69.7 Å². The first-order valence-corrected chi connectivity index (χ1v) is 8.52. The predicted octanol–water partition coefficient (Wildman–Crippen LogP) is 4.58. The Hall–Kier alpha value is -2.64. The number of aromatic amines is 1. The van der Waals surface area contributed by atoms with Gasteiger partial charge in [-0.15, -0.1) is 0 Å². The van der Waals surface area contributed by atoms with Crippen molar-refractivity contribution in [1.82, 2.24) is 20.2 Å². The van der Waals surface area contributed by atoms with Crippen LogP contribution in [0.4, 0.5) is 23.0 Å². The average molecular weight is 357 g/mol. The Balaban J connectivity index is 1.80. The Bertz CT molecular complexity index is 981. The zero-order chi connectivity index (χ0) is 16.5. The van der Waals surface area contributed by atoms with Gasteiger partial charge in [-0.1, -0.05) is 17.7 Å². The fraction of sp³-hybridized carbons (Fsp3) is 0.0625. The number of hydrogen-bond acceptors (Lipinski definition) is 6. The Labute approximate surface area is 147 Å². The zero-order valence-corrected chi connectivity index (χ0v) is 14.3. The van der Waals surface area contributed by atoms with Crippen LogP contribution in [0, 0.1) is 0 Å². The van der Waals surface area contributed by atoms with E-state index >= 15 is 0 Å². The average Bonchev–Trinajstić information content (AvgIpc) is 3.25. The van der Waals surface area contributed by atoms with Gasteiger partial charge in [0.25, 0.3) is 0 Å². The van der Waals surface area contributed by atoms with Crippen LogP contribution in [0.2, 0.25) is 5.02 Å². The number of aromatic nitrogens is 4. The SMILES string of the molecule is CN(c1ccsc1)c1n[nH]c2ncnc(Nc3cccc(Cl)c3)c12. The van der Waals surface area contributed by atoms with Crippen molar-refractivity contribution in [1.29, 1.82) is 0 Å². The fourth-order valence-corrected chi connectivity index (χ4v) is 3.32. The summed E-state index contributed by atoms with van der Waals surface area (Å²) in [5.41, 5.74) is 2.59. The van der Waals surface area contributed by atoms with Crippen LogP contribution in [-0.4, -0.2) is 27.2 Å². The minimum absolute atomic E-state index is 0.660. The van der Waals surface area contributed by atoms with Crippen LogP contribution in [0.5, 0.6) is 0 Å². The van der Waals surface area contributed by atoms with Crippen LogP contribution in [0.15, 0.2) is 47.4 Å². The van der Waals surface area contributed by atoms with E-state index in [0.717, 1.165) is 22.6 Å². The maximum absolute atomic E-state index is 6.06. The van der Waals surface area contributed by atoms with Gasteiger partial charge in [0.2, 0.25) is 0 Å². The molecule has 8 heteroatoms. The molecule has 24 heavy (non-hydrogen) atoms. The molecular formula is C16H13ClN6S. The van der Waals surface area contributed by atoms with Crippen molar-refractivity contribution in [3.8, 4) is 0 Å². The maximum atomic E-state index is 6.06. The zero-order valence-electron chi connectivity index (χ0n) is 12.7. The molecule has 0 aliphatic rings. The Kier molecular flexibility index (Phi) is 3.79. The third-order valence-electron chi connectivity index (χ3n) is 3.64. The predicted molar refractivity (Wildman–Crippen MR) is 98.8 cm³/mol. The van der Waals surface area contributed by atoms with Crippen molar-refractivity contribution >= 4 is 57.0 Å². The molecule has 6 nitrogen and oxygen atoms in total. The number of benzene rings is 1. The molecule has 3 heterocycles. The molecule has 0 unspecified atom stereocenters. The van der Waals surface area contributed by atoms with Gasteiger partial charge < -0.3 is 10.2 Å². The van der Waals surface area contributed by atoms with E-state index in [4.69, 9.17) is 11.6 Å². The minimum atomic E-state index is 0.660. The quantitative estimate of drug-likeness (QED) is 0.560. The summed E-state index contributed by atoms with van der Waals surface area (Å²) < 4.78 is 0. The number of halogens is 1. The highest BCUT2D eigenvalue weighted by molar-refractivity contribution is 7.08. The van der Waals surface area contributed by atoms with Gasteiger partial charge in [0.1, 0.15) is 17.5 Å². The van der Waals surface area contributed by atoms with Crippen LogP contribution in [0.1, 0.15) is 0 Å². The second-order valence-electron chi connectivity index (χ2n) is 5.17. The summed E-state index contributed by atoms with van der Waals surface area (Å²) >= 11 is 7.70. The summed E-state index contributed by atoms with van der Waals surface area (Å²) in [5, 5.41) is 16.2. The van der Waals surface area contributed by atoms with E-state index in [2.05, 4.69) is 30.9 Å². The molecule has 1 aromatic carbocycles. The molecule has 120 valence electrons. The maximum Gasteiger partial charge on any atom is 0.168 e. The van der Waals surface area contributed by atoms with Crippen LogP contribution >= 0.6 is 22.9 Å². The van der Waals surface area contributed by atoms with Crippen LogP contribution in [-0.2, 0) is 0 Å². The van der Waals surface area contributed by atoms with E-state index in [-0.39, 0.29) is 0 Å². The van der Waals surface area contributed by atoms with Gasteiger partial charge in [-0.05, 0) is 29.6 Å². The van der Waals surface area contributed by atoms with Crippen molar-refractivity contribution < 1.29 is 0 Å². The number of H-pyrrole nitrogens is 1. The van der Waals surface area contributed by atoms with E-state index < -0.39 is 0 Å². The van der Waals surface area contributed by atoms with Gasteiger partial charge in [-0.2, -0.15) is 16.4 Å². The Morgan fingerprint density at radius 2 is 2.17 bits per heavy atom. The summed E-state index contributed by atoms with van der Waals surface area (Å²) in [6.07, 6.45) is 1.50. The lowest BCUT2D eigenvalue weighted by molar-refractivity contribution is 1.05. The first-order chi connectivity index (χ1) is 11.7. The first-order valence-electron chi connectivity index (χ1n) is 7.20. The highest BCUT2D eigenvalue weighted by Crippen LogP contribution is 2.34. The minimum Gasteiger partial charge on any atom is -0.339 e. The van der Waals surface area contributed by atoms with Gasteiger partial charge >= 0.3 is 0 Å². The Morgan fingerprint density at radius 1 is 1.25 bits per heavy atom. The van der Waals surface area contributed by atoms with Gasteiger partial charge in [0, 0.05) is 23.1 Å². The van der Waals surface area contributed by atoms with Crippen molar-refractivity contribution in [2.75, 3.05) is 17.3 Å². The van der Waals surface area contributed by atoms with Gasteiger partial charge in [-0.25, -0.2) is 9.97 Å². The Morgan fingerprint density at radius 3 is 2.96 bits per heavy atom. The van der Waals surface area contributed by atoms with Crippen molar-refractivity contribution in [3.05, 3.63) is 52.4 Å². The molecule has 0 bridgehead atoms. The third kappa shape index (κ3) is 2.68. The van der Waals surface area contributed by atoms with Crippen LogP contribution in [0.25, 0.3) is 11.0 Å². The number of thiophene rings is 1. The van der Waals surface area contributed by atoms with Crippen molar-refractivity contribution in [3.63, 3.8) is 0 Å². The standard InChI is InChI=1S/C16H13ClN6S/c1-23(12-5-6-24-8-12)16-13-14(18-9-19-15(13)21-22-16)20-11-4-2-3-10(17)7-11/h2-9H,1H3,(H2,18,19,20,21,22). The van der Waals surface area contributed by atoms with E-state index in [1.54, 1.807) is 11.3 Å². The summed E-state index contributed by atoms with van der Waals surface area (Å²) in [6, 6.07) is 9.53. The number of fused-ring (bicyclic) bond motifs is 1. The highest BCUT2D eigenvalue weighted by atomic mass is 35.5. The van der Waals surface area contributed by atoms with Gasteiger partial charge in [-0.3, -0.25) is 5.10 Å². The molecular weight excluding hydrogens is 344 g/mol. The number of nitrogens with zero attached hydrogens (tertiary/aromatic N) is 4. The normalized spacial score (nSPS) is 10.9. The first kappa shape index (κ1) is 14.9. The van der Waals surface area contributed by atoms with E-state index in [0.29, 0.717) is 16.5 Å². The van der Waals surface area contributed by atoms with Crippen molar-refractivity contribution in [2.24, 2.45) is 0 Å². The highest BCUT2D eigenvalue weighted by Gasteiger charge is 2.17. The number of nitrogens with one attached hydrogen (secondary N) is 2. The molecule has 4 aromatic rings. The fourth-order valence-electron chi connectivity index (χ4n) is 2.45. The van der Waals surface area contributed by atoms with E-state index in [9.17, 15) is 0 Å². The largest absolute Gasteiger partial charge is 0.339 e. The molecule has 2 N–H and O–H groups in total. The molecule has 0 spiro atoms. The molecule has 0 saturated carbocycles. The molecule has 0 amide bonds. The summed E-state index contributed by atoms with van der Waals surface area (Å²) in [7, 11) is 1.97. The summed E-state index contributed by atoms with van der Waals surface area (Å²) in [6.45, 7) is 0. The summed E-state index contributed by atoms with van der Waals surface area (Å²) in [5.74, 6) is 1.43. The molecule has 3 aromatic heterocycles. The molecule has 0 saturated heterocycles. The van der Waals surface area contributed by atoms with E-state index in [1.165, 1.54) is 6.33 Å². The lowest BCUT2D eigenvalue weighted by atomic mass is 10.3. The second kappa shape index (κ2) is 6.10. The lowest BCUT2D eigenvalue weighted by Crippen LogP contribution is -2.09. The molecule has 0 radical (unpaired) electrons. The summed E-state index contributed by atoms with van der Waals surface area (Å²) in [4.78, 5) is 10.6. The smallest absolute Gasteiger partial charge is 0.168 e. The molecule has 4 rings (SSSR count). The monoisotopic (exact) mass is 356 g/mol. The number of anilines is 4. The third-order valence-corrected chi connectivity index (χ3v) is 4.54. The molecule has 0 fully saturated rings. The van der Waals surface area contributed by atoms with Gasteiger partial charge in [0.15, 0.2) is 11.5 Å². The van der Waals surface area contributed by atoms with Crippen molar-refractivity contribution in [2.45, 2.75) is 0 Å². The lowest BCUT2D eigenvalue weighted by Gasteiger charge is -2.15. The van der Waals surface area contributed by atoms with Crippen LogP contribution < -0.4 is 10.2 Å². The van der Waals surface area contributed by atoms with E-state index in [1.807, 2.05) is 47.7 Å². The second-order valence-corrected chi connectivity index (χ2v) is 6.39. The molecule has 0 atom stereocenters. The molecule has 0 aliphatic carbocycles. The van der Waals surface area contributed by atoms with Crippen LogP contribution in [0.3, 0.4) is 0 Å². The number of rotatable bonds is 4. The number of hydrogen-bond donors (Lipinski definition) is 2. The van der Waals surface area contributed by atoms with Gasteiger partial charge in [0.05, 0.1) is 5.69 Å².